The number of anilines is 2. The van der Waals surface area contributed by atoms with E-state index >= 15 is 0 Å². The van der Waals surface area contributed by atoms with Gasteiger partial charge in [-0.3, -0.25) is 9.47 Å². The second-order valence-corrected chi connectivity index (χ2v) is 10.8. The lowest BCUT2D eigenvalue weighted by molar-refractivity contribution is 0.211. The van der Waals surface area contributed by atoms with Crippen LogP contribution in [0.4, 0.5) is 16.0 Å². The quantitative estimate of drug-likeness (QED) is 0.241. The molecule has 0 amide bonds. The fraction of sp³-hybridized carbons (Fsp3) is 0.176. The van der Waals surface area contributed by atoms with Crippen molar-refractivity contribution in [3.8, 4) is 34.4 Å². The molecule has 7 rings (SSSR count). The van der Waals surface area contributed by atoms with Crippen molar-refractivity contribution in [1.29, 1.82) is 5.26 Å². The van der Waals surface area contributed by atoms with Crippen molar-refractivity contribution in [3.63, 3.8) is 0 Å². The first-order chi connectivity index (χ1) is 22.4. The molecule has 10 nitrogen and oxygen atoms in total. The molecule has 0 spiro atoms. The lowest BCUT2D eigenvalue weighted by Gasteiger charge is -2.32. The number of nitriles is 1. The fourth-order valence-corrected chi connectivity index (χ4v) is 5.55. The van der Waals surface area contributed by atoms with Crippen LogP contribution >= 0.6 is 0 Å². The Kier molecular flexibility index (Phi) is 7.23. The number of halogens is 1. The maximum Gasteiger partial charge on any atom is 0.234 e. The van der Waals surface area contributed by atoms with Crippen LogP contribution in [0.15, 0.2) is 91.3 Å². The zero-order valence-electron chi connectivity index (χ0n) is 25.2. The number of nitrogens with two attached hydrogens (primary N) is 1. The highest BCUT2D eigenvalue weighted by atomic mass is 19.1. The summed E-state index contributed by atoms with van der Waals surface area (Å²) in [6, 6.07) is 24.8. The number of aromatic nitrogens is 6. The Morgan fingerprint density at radius 2 is 1.73 bits per heavy atom. The van der Waals surface area contributed by atoms with Crippen molar-refractivity contribution < 1.29 is 5.76 Å². The molecule has 0 saturated carbocycles. The third kappa shape index (κ3) is 5.91. The summed E-state index contributed by atoms with van der Waals surface area (Å²) in [6.07, 6.45) is 4.39. The topological polar surface area (TPSA) is 134 Å². The van der Waals surface area contributed by atoms with Crippen LogP contribution in [-0.4, -0.2) is 53.5 Å². The van der Waals surface area contributed by atoms with E-state index in [0.29, 0.717) is 52.7 Å². The van der Waals surface area contributed by atoms with E-state index in [1.807, 2.05) is 47.0 Å². The van der Waals surface area contributed by atoms with Gasteiger partial charge in [0.1, 0.15) is 29.0 Å². The molecule has 0 atom stereocenters. The minimum Gasteiger partial charge on any atom is -0.383 e. The van der Waals surface area contributed by atoms with Gasteiger partial charge < -0.3 is 11.1 Å². The highest BCUT2D eigenvalue weighted by molar-refractivity contribution is 5.84. The zero-order chi connectivity index (χ0) is 31.7. The predicted octanol–water partition coefficient (Wildman–Crippen LogP) is 5.61. The van der Waals surface area contributed by atoms with E-state index in [4.69, 9.17) is 22.3 Å². The molecule has 3 N–H and O–H groups in total. The standard InChI is InChI=1S/C34H29FN10/c35-24-7-5-23(6-8-24)28-11-12-29-34(41-28)45(33(42-29)27-2-1-16-39-32(27)37)26-9-3-22(4-10-26)21-44-18-14-25(15-19-44)40-30-13-17-38-31(20-36)43-30/h1-13,16-17,25H,14-15,18-19,21H2,(H2,37,39)(H,38,40,43)/i25D. The number of fused-ring (bicyclic) bond motifs is 1. The monoisotopic (exact) mass is 597 g/mol. The van der Waals surface area contributed by atoms with Gasteiger partial charge in [-0.2, -0.15) is 5.26 Å². The van der Waals surface area contributed by atoms with E-state index in [-0.39, 0.29) is 11.6 Å². The van der Waals surface area contributed by atoms with E-state index in [9.17, 15) is 4.39 Å². The number of hydrogen-bond acceptors (Lipinski definition) is 9. The summed E-state index contributed by atoms with van der Waals surface area (Å²) < 4.78 is 24.5. The summed E-state index contributed by atoms with van der Waals surface area (Å²) in [5, 5.41) is 12.3. The normalized spacial score (nSPS) is 15.0. The SMILES string of the molecule is [2H]C1(Nc2ccnc(C#N)n2)CCN(Cc2ccc(-n3c(-c4cccnc4N)nc4ccc(-c5ccc(F)cc5)nc43)cc2)CC1. The Morgan fingerprint density at radius 1 is 0.933 bits per heavy atom. The van der Waals surface area contributed by atoms with Crippen LogP contribution in [0.5, 0.6) is 0 Å². The molecule has 0 unspecified atom stereocenters. The predicted molar refractivity (Wildman–Crippen MR) is 171 cm³/mol. The number of pyridine rings is 2. The number of benzene rings is 2. The van der Waals surface area contributed by atoms with E-state index in [1.54, 1.807) is 24.4 Å². The number of piperidine rings is 1. The second kappa shape index (κ2) is 12.1. The van der Waals surface area contributed by atoms with E-state index in [1.165, 1.54) is 18.3 Å². The van der Waals surface area contributed by atoms with Gasteiger partial charge in [0.05, 0.1) is 12.6 Å². The van der Waals surface area contributed by atoms with Gasteiger partial charge in [-0.25, -0.2) is 29.3 Å². The molecule has 0 aliphatic carbocycles. The molecular formula is C34H29FN10. The number of imidazole rings is 1. The molecule has 4 aromatic heterocycles. The number of hydrogen-bond donors (Lipinski definition) is 2. The van der Waals surface area contributed by atoms with Gasteiger partial charge in [-0.1, -0.05) is 12.1 Å². The summed E-state index contributed by atoms with van der Waals surface area (Å²) >= 11 is 0. The van der Waals surface area contributed by atoms with Gasteiger partial charge in [0, 0.05) is 49.3 Å². The van der Waals surface area contributed by atoms with Gasteiger partial charge in [0.2, 0.25) is 5.82 Å². The molecule has 222 valence electrons. The van der Waals surface area contributed by atoms with Crippen LogP contribution in [-0.2, 0) is 6.54 Å². The van der Waals surface area contributed by atoms with Gasteiger partial charge in [0.15, 0.2) is 11.5 Å². The molecule has 45 heavy (non-hydrogen) atoms. The summed E-state index contributed by atoms with van der Waals surface area (Å²) in [6.45, 7) is 2.21. The van der Waals surface area contributed by atoms with Gasteiger partial charge in [0.25, 0.3) is 0 Å². The average molecular weight is 598 g/mol. The molecule has 6 aromatic rings. The molecule has 2 aromatic carbocycles. The zero-order valence-corrected chi connectivity index (χ0v) is 24.2. The molecule has 0 radical (unpaired) electrons. The minimum atomic E-state index is -0.867. The van der Waals surface area contributed by atoms with Crippen LogP contribution < -0.4 is 11.1 Å². The number of nitrogen functional groups attached to an aromatic ring is 1. The van der Waals surface area contributed by atoms with Gasteiger partial charge >= 0.3 is 0 Å². The first-order valence-electron chi connectivity index (χ1n) is 15.1. The van der Waals surface area contributed by atoms with Crippen LogP contribution in [0.1, 0.15) is 25.6 Å². The van der Waals surface area contributed by atoms with Crippen LogP contribution in [0.3, 0.4) is 0 Å². The molecule has 1 saturated heterocycles. The van der Waals surface area contributed by atoms with Crippen molar-refractivity contribution in [3.05, 3.63) is 108 Å². The Hall–Kier alpha value is -5.73. The van der Waals surface area contributed by atoms with E-state index < -0.39 is 6.02 Å². The average Bonchev–Trinajstić information content (AvgIpc) is 3.45. The third-order valence-corrected chi connectivity index (χ3v) is 7.84. The van der Waals surface area contributed by atoms with Crippen molar-refractivity contribution in [2.24, 2.45) is 0 Å². The van der Waals surface area contributed by atoms with Crippen molar-refractivity contribution >= 4 is 22.8 Å². The van der Waals surface area contributed by atoms with Gasteiger partial charge in [-0.15, -0.1) is 0 Å². The molecule has 11 heteroatoms. The first kappa shape index (κ1) is 26.9. The highest BCUT2D eigenvalue weighted by Gasteiger charge is 2.21. The number of nitrogens with one attached hydrogen (secondary N) is 1. The second-order valence-electron chi connectivity index (χ2n) is 10.8. The van der Waals surface area contributed by atoms with Crippen molar-refractivity contribution in [2.45, 2.75) is 25.4 Å². The lowest BCUT2D eigenvalue weighted by atomic mass is 10.0. The number of likely N-dealkylation sites (tertiary alicyclic amines) is 1. The summed E-state index contributed by atoms with van der Waals surface area (Å²) in [7, 11) is 0. The highest BCUT2D eigenvalue weighted by Crippen LogP contribution is 2.32. The maximum absolute atomic E-state index is 13.6. The summed E-state index contributed by atoms with van der Waals surface area (Å²) in [5.74, 6) is 1.26. The molecule has 1 aliphatic rings. The summed E-state index contributed by atoms with van der Waals surface area (Å²) in [5.41, 5.74) is 11.8. The Labute approximate surface area is 260 Å². The molecule has 1 fully saturated rings. The van der Waals surface area contributed by atoms with Crippen LogP contribution in [0.25, 0.3) is 39.5 Å². The van der Waals surface area contributed by atoms with E-state index in [2.05, 4.69) is 37.3 Å². The largest absolute Gasteiger partial charge is 0.383 e. The van der Waals surface area contributed by atoms with E-state index in [0.717, 1.165) is 36.4 Å². The summed E-state index contributed by atoms with van der Waals surface area (Å²) in [4.78, 5) is 24.5. The van der Waals surface area contributed by atoms with Crippen molar-refractivity contribution in [1.82, 2.24) is 34.4 Å². The first-order valence-corrected chi connectivity index (χ1v) is 14.6. The molecular weight excluding hydrogens is 567 g/mol. The lowest BCUT2D eigenvalue weighted by Crippen LogP contribution is -2.38. The smallest absolute Gasteiger partial charge is 0.234 e. The molecule has 1 aliphatic heterocycles. The third-order valence-electron chi connectivity index (χ3n) is 7.84. The Morgan fingerprint density at radius 3 is 2.49 bits per heavy atom. The Balaban J connectivity index is 1.14. The van der Waals surface area contributed by atoms with Crippen LogP contribution in [0.2, 0.25) is 0 Å². The Bertz CT molecular complexity index is 2060. The van der Waals surface area contributed by atoms with Crippen LogP contribution in [0, 0.1) is 17.1 Å². The fourth-order valence-electron chi connectivity index (χ4n) is 5.55. The minimum absolute atomic E-state index is 0.0818. The van der Waals surface area contributed by atoms with Gasteiger partial charge in [-0.05, 0) is 85.1 Å². The number of rotatable bonds is 7. The van der Waals surface area contributed by atoms with Crippen molar-refractivity contribution in [2.75, 3.05) is 24.1 Å². The molecule has 5 heterocycles. The maximum atomic E-state index is 13.6. The molecule has 0 bridgehead atoms. The number of nitrogens with zero attached hydrogens (tertiary/aromatic N) is 8.